The number of benzene rings is 2. The summed E-state index contributed by atoms with van der Waals surface area (Å²) in [5.41, 5.74) is 2.81. The van der Waals surface area contributed by atoms with Crippen LogP contribution in [0.25, 0.3) is 11.3 Å². The van der Waals surface area contributed by atoms with Crippen molar-refractivity contribution in [3.63, 3.8) is 0 Å². The van der Waals surface area contributed by atoms with Crippen LogP contribution < -0.4 is 14.4 Å². The molecule has 0 unspecified atom stereocenters. The molecule has 186 valence electrons. The normalized spacial score (nSPS) is 14.2. The third-order valence-electron chi connectivity index (χ3n) is 6.06. The average Bonchev–Trinajstić information content (AvgIpc) is 3.30. The van der Waals surface area contributed by atoms with E-state index in [1.165, 1.54) is 11.9 Å². The molecular weight excluding hydrogens is 477 g/mol. The van der Waals surface area contributed by atoms with Gasteiger partial charge in [0, 0.05) is 56.7 Å². The van der Waals surface area contributed by atoms with Crippen LogP contribution in [-0.4, -0.2) is 57.9 Å². The highest BCUT2D eigenvalue weighted by molar-refractivity contribution is 8.00. The van der Waals surface area contributed by atoms with Crippen molar-refractivity contribution in [1.82, 2.24) is 24.6 Å². The minimum Gasteiger partial charge on any atom is -0.436 e. The number of piperazine rings is 1. The summed E-state index contributed by atoms with van der Waals surface area (Å²) in [5.74, 6) is 0.0265. The summed E-state index contributed by atoms with van der Waals surface area (Å²) in [6.45, 7) is 5.77. The molecule has 1 aliphatic rings. The number of halogens is 1. The van der Waals surface area contributed by atoms with Gasteiger partial charge in [-0.15, -0.1) is 0 Å². The molecule has 0 saturated carbocycles. The zero-order valence-corrected chi connectivity index (χ0v) is 21.3. The van der Waals surface area contributed by atoms with Crippen LogP contribution in [0.4, 0.5) is 16.0 Å². The monoisotopic (exact) mass is 505 g/mol. The fourth-order valence-electron chi connectivity index (χ4n) is 4.03. The summed E-state index contributed by atoms with van der Waals surface area (Å²) >= 11 is 1.30. The van der Waals surface area contributed by atoms with Crippen LogP contribution in [-0.2, 0) is 7.05 Å². The van der Waals surface area contributed by atoms with Crippen molar-refractivity contribution >= 4 is 23.6 Å². The Labute approximate surface area is 214 Å². The van der Waals surface area contributed by atoms with E-state index in [1.54, 1.807) is 10.9 Å². The van der Waals surface area contributed by atoms with E-state index in [2.05, 4.69) is 36.6 Å². The summed E-state index contributed by atoms with van der Waals surface area (Å²) < 4.78 is 26.6. The van der Waals surface area contributed by atoms with Crippen molar-refractivity contribution in [1.29, 1.82) is 0 Å². The summed E-state index contributed by atoms with van der Waals surface area (Å²) in [6, 6.07) is 15.2. The van der Waals surface area contributed by atoms with Crippen molar-refractivity contribution in [2.24, 2.45) is 7.05 Å². The van der Waals surface area contributed by atoms with Crippen LogP contribution in [0.3, 0.4) is 0 Å². The molecule has 3 heterocycles. The van der Waals surface area contributed by atoms with E-state index in [4.69, 9.17) is 4.74 Å². The first-order valence-corrected chi connectivity index (χ1v) is 12.5. The lowest BCUT2D eigenvalue weighted by atomic mass is 10.1. The number of nitrogens with zero attached hydrogens (tertiary/aromatic N) is 6. The summed E-state index contributed by atoms with van der Waals surface area (Å²) in [7, 11) is 3.97. The van der Waals surface area contributed by atoms with Crippen LogP contribution >= 0.6 is 11.9 Å². The standard InChI is InChI=1S/C26H28FN7OS/c1-18-7-4-5-10-22(18)24-23(27)25(30-26(29-24)31-36-21-16-28-33(3)17-21)35-20-9-6-8-19(15-20)34-13-11-32(2)12-14-34/h4-10,15-17H,11-14H2,1-3H3,(H,29,30,31). The first-order chi connectivity index (χ1) is 17.5. The Bertz CT molecular complexity index is 1350. The molecule has 10 heteroatoms. The summed E-state index contributed by atoms with van der Waals surface area (Å²) in [6.07, 6.45) is 3.59. The van der Waals surface area contributed by atoms with E-state index in [9.17, 15) is 0 Å². The second kappa shape index (κ2) is 10.5. The Morgan fingerprint density at radius 1 is 1.00 bits per heavy atom. The lowest BCUT2D eigenvalue weighted by Crippen LogP contribution is -2.44. The molecule has 4 aromatic rings. The molecule has 1 aliphatic heterocycles. The number of likely N-dealkylation sites (N-methyl/N-ethyl adjacent to an activating group) is 1. The van der Waals surface area contributed by atoms with Gasteiger partial charge in [0.2, 0.25) is 11.8 Å². The van der Waals surface area contributed by atoms with Crippen molar-refractivity contribution in [2.75, 3.05) is 42.8 Å². The highest BCUT2D eigenvalue weighted by Gasteiger charge is 2.20. The second-order valence-electron chi connectivity index (χ2n) is 8.77. The predicted molar refractivity (Wildman–Crippen MR) is 141 cm³/mol. The Morgan fingerprint density at radius 3 is 2.56 bits per heavy atom. The number of rotatable bonds is 7. The molecule has 0 amide bonds. The van der Waals surface area contributed by atoms with E-state index in [0.717, 1.165) is 42.3 Å². The van der Waals surface area contributed by atoms with Crippen LogP contribution in [0.15, 0.2) is 65.8 Å². The molecule has 0 atom stereocenters. The largest absolute Gasteiger partial charge is 0.436 e. The van der Waals surface area contributed by atoms with Gasteiger partial charge in [0.05, 0.1) is 11.1 Å². The fourth-order valence-corrected chi connectivity index (χ4v) is 4.64. The Balaban J connectivity index is 1.46. The van der Waals surface area contributed by atoms with Gasteiger partial charge in [-0.3, -0.25) is 9.40 Å². The van der Waals surface area contributed by atoms with Gasteiger partial charge in [-0.05, 0) is 43.6 Å². The van der Waals surface area contributed by atoms with Crippen molar-refractivity contribution < 1.29 is 9.13 Å². The first kappa shape index (κ1) is 24.1. The molecule has 0 aliphatic carbocycles. The van der Waals surface area contributed by atoms with Gasteiger partial charge < -0.3 is 14.5 Å². The number of aromatic nitrogens is 4. The van der Waals surface area contributed by atoms with E-state index in [0.29, 0.717) is 11.3 Å². The SMILES string of the molecule is Cc1ccccc1-c1nc(NSc2cnn(C)c2)nc(Oc2cccc(N3CCN(C)CC3)c2)c1F. The lowest BCUT2D eigenvalue weighted by Gasteiger charge is -2.34. The van der Waals surface area contributed by atoms with Crippen LogP contribution in [0.1, 0.15) is 5.56 Å². The Kier molecular flexibility index (Phi) is 7.06. The lowest BCUT2D eigenvalue weighted by molar-refractivity contribution is 0.312. The van der Waals surface area contributed by atoms with Gasteiger partial charge in [-0.25, -0.2) is 4.98 Å². The van der Waals surface area contributed by atoms with Gasteiger partial charge in [-0.1, -0.05) is 30.3 Å². The molecule has 0 spiro atoms. The zero-order chi connectivity index (χ0) is 25.1. The third kappa shape index (κ3) is 5.44. The summed E-state index contributed by atoms with van der Waals surface area (Å²) in [4.78, 5) is 14.3. The Hall–Kier alpha value is -3.63. The quantitative estimate of drug-likeness (QED) is 0.353. The molecule has 0 radical (unpaired) electrons. The highest BCUT2D eigenvalue weighted by atomic mass is 32.2. The molecule has 5 rings (SSSR count). The molecule has 2 aromatic heterocycles. The Morgan fingerprint density at radius 2 is 1.81 bits per heavy atom. The predicted octanol–water partition coefficient (Wildman–Crippen LogP) is 4.99. The smallest absolute Gasteiger partial charge is 0.261 e. The number of hydrogen-bond donors (Lipinski definition) is 1. The van der Waals surface area contributed by atoms with Gasteiger partial charge in [0.15, 0.2) is 0 Å². The molecule has 1 fully saturated rings. The third-order valence-corrected chi connectivity index (χ3v) is 6.79. The molecule has 0 bridgehead atoms. The second-order valence-corrected chi connectivity index (χ2v) is 9.65. The van der Waals surface area contributed by atoms with Crippen LogP contribution in [0.2, 0.25) is 0 Å². The van der Waals surface area contributed by atoms with Crippen molar-refractivity contribution in [3.8, 4) is 22.9 Å². The van der Waals surface area contributed by atoms with Gasteiger partial charge in [0.1, 0.15) is 11.4 Å². The molecule has 36 heavy (non-hydrogen) atoms. The number of aryl methyl sites for hydroxylation is 2. The van der Waals surface area contributed by atoms with E-state index < -0.39 is 5.82 Å². The maximum atomic E-state index is 15.8. The molecular formula is C26H28FN7OS. The number of anilines is 2. The minimum atomic E-state index is -0.605. The van der Waals surface area contributed by atoms with E-state index >= 15 is 4.39 Å². The molecule has 1 N–H and O–H groups in total. The maximum absolute atomic E-state index is 15.8. The van der Waals surface area contributed by atoms with Gasteiger partial charge >= 0.3 is 0 Å². The molecule has 8 nitrogen and oxygen atoms in total. The van der Waals surface area contributed by atoms with Crippen LogP contribution in [0, 0.1) is 12.7 Å². The van der Waals surface area contributed by atoms with Gasteiger partial charge in [-0.2, -0.15) is 14.5 Å². The molecule has 1 saturated heterocycles. The maximum Gasteiger partial charge on any atom is 0.261 e. The average molecular weight is 506 g/mol. The van der Waals surface area contributed by atoms with Crippen LogP contribution in [0.5, 0.6) is 11.6 Å². The van der Waals surface area contributed by atoms with Crippen molar-refractivity contribution in [3.05, 3.63) is 72.3 Å². The van der Waals surface area contributed by atoms with Crippen molar-refractivity contribution in [2.45, 2.75) is 11.8 Å². The first-order valence-electron chi connectivity index (χ1n) is 11.7. The molecule has 2 aromatic carbocycles. The van der Waals surface area contributed by atoms with Gasteiger partial charge in [0.25, 0.3) is 5.88 Å². The number of nitrogens with one attached hydrogen (secondary N) is 1. The summed E-state index contributed by atoms with van der Waals surface area (Å²) in [5, 5.41) is 4.17. The number of hydrogen-bond acceptors (Lipinski definition) is 8. The van der Waals surface area contributed by atoms with E-state index in [-0.39, 0.29) is 17.5 Å². The number of ether oxygens (including phenoxy) is 1. The highest BCUT2D eigenvalue weighted by Crippen LogP contribution is 2.34. The topological polar surface area (TPSA) is 71.3 Å². The minimum absolute atomic E-state index is 0.131. The van der Waals surface area contributed by atoms with E-state index in [1.807, 2.05) is 68.7 Å². The zero-order valence-electron chi connectivity index (χ0n) is 20.5. The fraction of sp³-hybridized carbons (Fsp3) is 0.269.